The molecule has 25 heavy (non-hydrogen) atoms. The molecule has 6 heteroatoms. The molecule has 0 bridgehead atoms. The number of aromatic amines is 1. The molecule has 0 unspecified atom stereocenters. The summed E-state index contributed by atoms with van der Waals surface area (Å²) >= 11 is 0. The quantitative estimate of drug-likeness (QED) is 0.572. The number of methoxy groups -OCH3 is 2. The zero-order valence-corrected chi connectivity index (χ0v) is 13.8. The Bertz CT molecular complexity index is 1020. The lowest BCUT2D eigenvalue weighted by molar-refractivity contribution is 0.103. The SMILES string of the molecule is COc1ccc(/C=C/C(=O)c2nc3ccccc3c(=O)[nH]2)cc1OC. The van der Waals surface area contributed by atoms with Gasteiger partial charge in [0.2, 0.25) is 5.78 Å². The van der Waals surface area contributed by atoms with Crippen LogP contribution in [0.5, 0.6) is 11.5 Å². The van der Waals surface area contributed by atoms with E-state index < -0.39 is 5.78 Å². The van der Waals surface area contributed by atoms with Gasteiger partial charge in [0, 0.05) is 0 Å². The van der Waals surface area contributed by atoms with Crippen LogP contribution in [0.15, 0.2) is 53.3 Å². The van der Waals surface area contributed by atoms with E-state index in [2.05, 4.69) is 9.97 Å². The van der Waals surface area contributed by atoms with Crippen molar-refractivity contribution in [3.8, 4) is 11.5 Å². The van der Waals surface area contributed by atoms with E-state index in [1.54, 1.807) is 62.8 Å². The summed E-state index contributed by atoms with van der Waals surface area (Å²) in [5, 5.41) is 0.447. The minimum atomic E-state index is -0.391. The molecule has 0 radical (unpaired) electrons. The number of hydrogen-bond acceptors (Lipinski definition) is 5. The van der Waals surface area contributed by atoms with E-state index in [-0.39, 0.29) is 11.4 Å². The summed E-state index contributed by atoms with van der Waals surface area (Å²) < 4.78 is 10.4. The van der Waals surface area contributed by atoms with E-state index in [9.17, 15) is 9.59 Å². The zero-order valence-electron chi connectivity index (χ0n) is 13.8. The van der Waals surface area contributed by atoms with Crippen molar-refractivity contribution in [3.63, 3.8) is 0 Å². The number of fused-ring (bicyclic) bond motifs is 1. The molecule has 1 heterocycles. The Kier molecular flexibility index (Phi) is 4.61. The van der Waals surface area contributed by atoms with Gasteiger partial charge < -0.3 is 14.5 Å². The van der Waals surface area contributed by atoms with Gasteiger partial charge in [-0.05, 0) is 35.9 Å². The molecule has 0 saturated carbocycles. The van der Waals surface area contributed by atoms with Crippen molar-refractivity contribution in [3.05, 3.63) is 70.3 Å². The average molecular weight is 336 g/mol. The summed E-state index contributed by atoms with van der Waals surface area (Å²) in [6.07, 6.45) is 2.98. The molecule has 0 fully saturated rings. The van der Waals surface area contributed by atoms with Gasteiger partial charge in [-0.2, -0.15) is 0 Å². The Morgan fingerprint density at radius 2 is 1.84 bits per heavy atom. The first-order valence-corrected chi connectivity index (χ1v) is 7.56. The number of H-pyrrole nitrogens is 1. The first-order valence-electron chi connectivity index (χ1n) is 7.56. The molecule has 3 rings (SSSR count). The van der Waals surface area contributed by atoms with Crippen LogP contribution in [0.4, 0.5) is 0 Å². The number of ether oxygens (including phenoxy) is 2. The number of nitrogens with zero attached hydrogens (tertiary/aromatic N) is 1. The Morgan fingerprint density at radius 3 is 2.60 bits per heavy atom. The molecule has 0 aliphatic heterocycles. The van der Waals surface area contributed by atoms with E-state index in [1.165, 1.54) is 6.08 Å². The molecule has 6 nitrogen and oxygen atoms in total. The molecule has 0 atom stereocenters. The van der Waals surface area contributed by atoms with Gasteiger partial charge in [-0.25, -0.2) is 4.98 Å². The maximum Gasteiger partial charge on any atom is 0.259 e. The summed E-state index contributed by atoms with van der Waals surface area (Å²) in [5.74, 6) is 0.777. The van der Waals surface area contributed by atoms with Gasteiger partial charge in [-0.1, -0.05) is 24.3 Å². The summed E-state index contributed by atoms with van der Waals surface area (Å²) in [6, 6.07) is 12.2. The second-order valence-electron chi connectivity index (χ2n) is 5.24. The molecule has 1 N–H and O–H groups in total. The third-order valence-corrected chi connectivity index (χ3v) is 3.68. The summed E-state index contributed by atoms with van der Waals surface area (Å²) in [5.41, 5.74) is 0.900. The molecule has 0 amide bonds. The molecule has 2 aromatic carbocycles. The number of rotatable bonds is 5. The molecule has 0 aliphatic rings. The second-order valence-corrected chi connectivity index (χ2v) is 5.24. The third-order valence-electron chi connectivity index (χ3n) is 3.68. The molecule has 3 aromatic rings. The topological polar surface area (TPSA) is 81.3 Å². The monoisotopic (exact) mass is 336 g/mol. The van der Waals surface area contributed by atoms with Gasteiger partial charge in [0.15, 0.2) is 17.3 Å². The number of benzene rings is 2. The highest BCUT2D eigenvalue weighted by Crippen LogP contribution is 2.28. The fourth-order valence-electron chi connectivity index (χ4n) is 2.41. The molecule has 0 aliphatic carbocycles. The van der Waals surface area contributed by atoms with Crippen LogP contribution < -0.4 is 15.0 Å². The van der Waals surface area contributed by atoms with Crippen LogP contribution in [0.2, 0.25) is 0 Å². The lowest BCUT2D eigenvalue weighted by atomic mass is 10.1. The van der Waals surface area contributed by atoms with Crippen molar-refractivity contribution >= 4 is 22.8 Å². The Balaban J connectivity index is 1.89. The fourth-order valence-corrected chi connectivity index (χ4v) is 2.41. The molecule has 1 aromatic heterocycles. The minimum absolute atomic E-state index is 0.000395. The van der Waals surface area contributed by atoms with Gasteiger partial charge in [0.05, 0.1) is 25.1 Å². The van der Waals surface area contributed by atoms with Crippen molar-refractivity contribution < 1.29 is 14.3 Å². The maximum absolute atomic E-state index is 12.3. The highest BCUT2D eigenvalue weighted by atomic mass is 16.5. The summed E-state index contributed by atoms with van der Waals surface area (Å²) in [6.45, 7) is 0. The second kappa shape index (κ2) is 7.00. The van der Waals surface area contributed by atoms with E-state index in [0.717, 1.165) is 5.56 Å². The smallest absolute Gasteiger partial charge is 0.259 e. The molecule has 0 spiro atoms. The van der Waals surface area contributed by atoms with Gasteiger partial charge in [-0.3, -0.25) is 9.59 Å². The van der Waals surface area contributed by atoms with Crippen LogP contribution in [0, 0.1) is 0 Å². The number of ketones is 1. The van der Waals surface area contributed by atoms with Crippen molar-refractivity contribution in [2.24, 2.45) is 0 Å². The van der Waals surface area contributed by atoms with E-state index in [1.807, 2.05) is 0 Å². The third kappa shape index (κ3) is 3.42. The number of carbonyl (C=O) groups is 1. The van der Waals surface area contributed by atoms with E-state index >= 15 is 0 Å². The Labute approximate surface area is 143 Å². The first-order chi connectivity index (χ1) is 12.1. The van der Waals surface area contributed by atoms with Crippen LogP contribution >= 0.6 is 0 Å². The van der Waals surface area contributed by atoms with Crippen molar-refractivity contribution in [1.29, 1.82) is 0 Å². The minimum Gasteiger partial charge on any atom is -0.493 e. The number of allylic oxidation sites excluding steroid dienone is 1. The largest absolute Gasteiger partial charge is 0.493 e. The predicted molar refractivity (Wildman–Crippen MR) is 95.3 cm³/mol. The number of nitrogens with one attached hydrogen (secondary N) is 1. The fraction of sp³-hybridized carbons (Fsp3) is 0.105. The lowest BCUT2D eigenvalue weighted by Gasteiger charge is -2.07. The van der Waals surface area contributed by atoms with Crippen LogP contribution in [-0.4, -0.2) is 30.0 Å². The standard InChI is InChI=1S/C19H16N2O4/c1-24-16-10-8-12(11-17(16)25-2)7-9-15(22)18-20-14-6-4-3-5-13(14)19(23)21-18/h3-11H,1-2H3,(H,20,21,23)/b9-7+. The maximum atomic E-state index is 12.3. The van der Waals surface area contributed by atoms with Crippen LogP contribution in [-0.2, 0) is 0 Å². The summed E-state index contributed by atoms with van der Waals surface area (Å²) in [4.78, 5) is 31.1. The molecular weight excluding hydrogens is 320 g/mol. The molecule has 126 valence electrons. The zero-order chi connectivity index (χ0) is 17.8. The van der Waals surface area contributed by atoms with Crippen molar-refractivity contribution in [2.75, 3.05) is 14.2 Å². The van der Waals surface area contributed by atoms with Crippen molar-refractivity contribution in [1.82, 2.24) is 9.97 Å². The first kappa shape index (κ1) is 16.4. The van der Waals surface area contributed by atoms with Gasteiger partial charge in [-0.15, -0.1) is 0 Å². The molecular formula is C19H16N2O4. The Hall–Kier alpha value is -3.41. The van der Waals surface area contributed by atoms with Crippen LogP contribution in [0.3, 0.4) is 0 Å². The number of hydrogen-bond donors (Lipinski definition) is 1. The highest BCUT2D eigenvalue weighted by Gasteiger charge is 2.09. The van der Waals surface area contributed by atoms with Gasteiger partial charge >= 0.3 is 0 Å². The number of carbonyl (C=O) groups excluding carboxylic acids is 1. The van der Waals surface area contributed by atoms with Gasteiger partial charge in [0.25, 0.3) is 5.56 Å². The normalized spacial score (nSPS) is 11.0. The summed E-state index contributed by atoms with van der Waals surface area (Å²) in [7, 11) is 3.10. The predicted octanol–water partition coefficient (Wildman–Crippen LogP) is 2.84. The number of aromatic nitrogens is 2. The van der Waals surface area contributed by atoms with Crippen LogP contribution in [0.1, 0.15) is 16.2 Å². The Morgan fingerprint density at radius 1 is 1.08 bits per heavy atom. The average Bonchev–Trinajstić information content (AvgIpc) is 2.65. The highest BCUT2D eigenvalue weighted by molar-refractivity contribution is 6.05. The van der Waals surface area contributed by atoms with E-state index in [0.29, 0.717) is 22.4 Å². The number of para-hydroxylation sites is 1. The van der Waals surface area contributed by atoms with Crippen molar-refractivity contribution in [2.45, 2.75) is 0 Å². The molecule has 0 saturated heterocycles. The van der Waals surface area contributed by atoms with E-state index in [4.69, 9.17) is 9.47 Å². The van der Waals surface area contributed by atoms with Gasteiger partial charge in [0.1, 0.15) is 0 Å². The van der Waals surface area contributed by atoms with Crippen LogP contribution in [0.25, 0.3) is 17.0 Å². The lowest BCUT2D eigenvalue weighted by Crippen LogP contribution is -2.14.